The number of fused-ring (bicyclic) bond motifs is 1. The zero-order chi connectivity index (χ0) is 22.7. The summed E-state index contributed by atoms with van der Waals surface area (Å²) in [5.74, 6) is 2.10. The van der Waals surface area contributed by atoms with Crippen LogP contribution in [0.15, 0.2) is 18.3 Å². The number of ether oxygens (including phenoxy) is 1. The number of aliphatic hydroxyl groups excluding tert-OH is 1. The monoisotopic (exact) mass is 439 g/mol. The molecule has 32 heavy (non-hydrogen) atoms. The Kier molecular flexibility index (Phi) is 6.60. The molecular weight excluding hydrogens is 406 g/mol. The summed E-state index contributed by atoms with van der Waals surface area (Å²) < 4.78 is 5.53. The normalized spacial score (nSPS) is 17.2. The van der Waals surface area contributed by atoms with Gasteiger partial charge in [0.1, 0.15) is 23.9 Å². The summed E-state index contributed by atoms with van der Waals surface area (Å²) in [5.41, 5.74) is 2.72. The van der Waals surface area contributed by atoms with Crippen LogP contribution in [-0.4, -0.2) is 70.8 Å². The highest BCUT2D eigenvalue weighted by Gasteiger charge is 2.36. The standard InChI is InChI=1S/C24H33N5O3/c1-24(2)9-7-18-21(24)23(28(3)16-20(31)29-11-5-4-6-12-29)27-22(26-18)19-15-17(8-10-25-19)32-14-13-30/h8,10,15,30H,4-7,9,11-14,16H2,1-3H3. The fourth-order valence-corrected chi connectivity index (χ4v) is 4.62. The number of likely N-dealkylation sites (N-methyl/N-ethyl adjacent to an activating group) is 1. The molecule has 1 saturated heterocycles. The number of piperidine rings is 1. The molecule has 8 nitrogen and oxygen atoms in total. The number of aromatic nitrogens is 3. The quantitative estimate of drug-likeness (QED) is 0.709. The van der Waals surface area contributed by atoms with Crippen LogP contribution >= 0.6 is 0 Å². The van der Waals surface area contributed by atoms with E-state index in [9.17, 15) is 4.79 Å². The molecule has 4 rings (SSSR count). The number of anilines is 1. The van der Waals surface area contributed by atoms with Crippen LogP contribution in [0.5, 0.6) is 5.75 Å². The van der Waals surface area contributed by atoms with Gasteiger partial charge in [-0.1, -0.05) is 13.8 Å². The molecule has 0 spiro atoms. The molecular formula is C24H33N5O3. The lowest BCUT2D eigenvalue weighted by Crippen LogP contribution is -2.42. The van der Waals surface area contributed by atoms with Crippen molar-refractivity contribution in [2.45, 2.75) is 51.4 Å². The van der Waals surface area contributed by atoms with Gasteiger partial charge in [0.15, 0.2) is 5.82 Å². The molecule has 2 aromatic rings. The van der Waals surface area contributed by atoms with Crippen molar-refractivity contribution in [1.82, 2.24) is 19.9 Å². The number of carbonyl (C=O) groups is 1. The molecule has 3 heterocycles. The molecule has 0 saturated carbocycles. The van der Waals surface area contributed by atoms with Gasteiger partial charge in [-0.15, -0.1) is 0 Å². The van der Waals surface area contributed by atoms with Gasteiger partial charge in [-0.25, -0.2) is 9.97 Å². The van der Waals surface area contributed by atoms with Crippen LogP contribution in [0.2, 0.25) is 0 Å². The van der Waals surface area contributed by atoms with Gasteiger partial charge in [0.05, 0.1) is 18.8 Å². The number of carbonyl (C=O) groups excluding carboxylic acids is 1. The molecule has 1 fully saturated rings. The number of aliphatic hydroxyl groups is 1. The van der Waals surface area contributed by atoms with Crippen molar-refractivity contribution in [3.63, 3.8) is 0 Å². The third kappa shape index (κ3) is 4.70. The van der Waals surface area contributed by atoms with E-state index in [2.05, 4.69) is 18.8 Å². The zero-order valence-electron chi connectivity index (χ0n) is 19.3. The Labute approximate surface area is 189 Å². The molecule has 1 aliphatic carbocycles. The first-order valence-corrected chi connectivity index (χ1v) is 11.5. The molecule has 0 aromatic carbocycles. The summed E-state index contributed by atoms with van der Waals surface area (Å²) in [5, 5.41) is 9.03. The number of hydrogen-bond donors (Lipinski definition) is 1. The molecule has 0 radical (unpaired) electrons. The molecule has 1 N–H and O–H groups in total. The summed E-state index contributed by atoms with van der Waals surface area (Å²) in [4.78, 5) is 31.1. The van der Waals surface area contributed by atoms with Crippen LogP contribution in [0.4, 0.5) is 5.82 Å². The highest BCUT2D eigenvalue weighted by Crippen LogP contribution is 2.43. The Bertz CT molecular complexity index is 972. The van der Waals surface area contributed by atoms with Gasteiger partial charge < -0.3 is 19.6 Å². The Hall–Kier alpha value is -2.74. The maximum atomic E-state index is 12.9. The van der Waals surface area contributed by atoms with Gasteiger partial charge in [-0.05, 0) is 43.6 Å². The number of likely N-dealkylation sites (tertiary alicyclic amines) is 1. The molecule has 2 aromatic heterocycles. The number of nitrogens with zero attached hydrogens (tertiary/aromatic N) is 5. The molecule has 172 valence electrons. The minimum absolute atomic E-state index is 0.0505. The Balaban J connectivity index is 1.66. The first-order valence-electron chi connectivity index (χ1n) is 11.5. The van der Waals surface area contributed by atoms with E-state index < -0.39 is 0 Å². The first-order chi connectivity index (χ1) is 15.4. The summed E-state index contributed by atoms with van der Waals surface area (Å²) in [6.07, 6.45) is 6.89. The second-order valence-corrected chi connectivity index (χ2v) is 9.32. The van der Waals surface area contributed by atoms with E-state index in [0.717, 1.165) is 55.8 Å². The van der Waals surface area contributed by atoms with Crippen molar-refractivity contribution in [3.8, 4) is 17.3 Å². The second-order valence-electron chi connectivity index (χ2n) is 9.32. The van der Waals surface area contributed by atoms with Crippen molar-refractivity contribution >= 4 is 11.7 Å². The van der Waals surface area contributed by atoms with Crippen LogP contribution in [0.1, 0.15) is 50.8 Å². The topological polar surface area (TPSA) is 91.7 Å². The van der Waals surface area contributed by atoms with Crippen LogP contribution in [-0.2, 0) is 16.6 Å². The van der Waals surface area contributed by atoms with Crippen LogP contribution in [0.25, 0.3) is 11.5 Å². The van der Waals surface area contributed by atoms with Gasteiger partial charge in [-0.3, -0.25) is 9.78 Å². The van der Waals surface area contributed by atoms with E-state index in [1.807, 2.05) is 16.8 Å². The van der Waals surface area contributed by atoms with E-state index in [1.54, 1.807) is 18.3 Å². The molecule has 8 heteroatoms. The zero-order valence-corrected chi connectivity index (χ0v) is 19.3. The van der Waals surface area contributed by atoms with Gasteiger partial charge in [0.2, 0.25) is 5.91 Å². The molecule has 0 bridgehead atoms. The molecule has 1 amide bonds. The average Bonchev–Trinajstić information content (AvgIpc) is 3.12. The van der Waals surface area contributed by atoms with Crippen molar-refractivity contribution in [2.24, 2.45) is 0 Å². The number of amides is 1. The number of hydrogen-bond acceptors (Lipinski definition) is 7. The second kappa shape index (κ2) is 9.40. The van der Waals surface area contributed by atoms with E-state index in [1.165, 1.54) is 6.42 Å². The first kappa shape index (κ1) is 22.5. The maximum Gasteiger partial charge on any atom is 0.242 e. The van der Waals surface area contributed by atoms with E-state index >= 15 is 0 Å². The Morgan fingerprint density at radius 2 is 2.03 bits per heavy atom. The third-order valence-corrected chi connectivity index (χ3v) is 6.39. The average molecular weight is 440 g/mol. The van der Waals surface area contributed by atoms with E-state index in [-0.39, 0.29) is 24.5 Å². The third-order valence-electron chi connectivity index (χ3n) is 6.39. The van der Waals surface area contributed by atoms with Crippen LogP contribution in [0, 0.1) is 0 Å². The lowest BCUT2D eigenvalue weighted by atomic mass is 9.87. The molecule has 1 aliphatic heterocycles. The van der Waals surface area contributed by atoms with Crippen LogP contribution < -0.4 is 9.64 Å². The predicted octanol–water partition coefficient (Wildman–Crippen LogP) is 2.58. The van der Waals surface area contributed by atoms with Gasteiger partial charge in [0.25, 0.3) is 0 Å². The Morgan fingerprint density at radius 1 is 1.25 bits per heavy atom. The minimum atomic E-state index is -0.0535. The lowest BCUT2D eigenvalue weighted by molar-refractivity contribution is -0.130. The highest BCUT2D eigenvalue weighted by molar-refractivity contribution is 5.81. The number of pyridine rings is 1. The molecule has 2 aliphatic rings. The summed E-state index contributed by atoms with van der Waals surface area (Å²) in [7, 11) is 1.94. The minimum Gasteiger partial charge on any atom is -0.491 e. The van der Waals surface area contributed by atoms with E-state index in [4.69, 9.17) is 19.8 Å². The lowest BCUT2D eigenvalue weighted by Gasteiger charge is -2.31. The number of aryl methyl sites for hydroxylation is 1. The summed E-state index contributed by atoms with van der Waals surface area (Å²) in [6.45, 7) is 6.58. The van der Waals surface area contributed by atoms with Crippen molar-refractivity contribution in [2.75, 3.05) is 44.8 Å². The van der Waals surface area contributed by atoms with E-state index in [0.29, 0.717) is 23.8 Å². The molecule has 0 atom stereocenters. The highest BCUT2D eigenvalue weighted by atomic mass is 16.5. The number of rotatable bonds is 7. The van der Waals surface area contributed by atoms with Gasteiger partial charge in [0, 0.05) is 38.0 Å². The molecule has 0 unspecified atom stereocenters. The smallest absolute Gasteiger partial charge is 0.242 e. The fraction of sp³-hybridized carbons (Fsp3) is 0.583. The van der Waals surface area contributed by atoms with Crippen LogP contribution in [0.3, 0.4) is 0 Å². The summed E-state index contributed by atoms with van der Waals surface area (Å²) in [6, 6.07) is 3.54. The fourth-order valence-electron chi connectivity index (χ4n) is 4.62. The Morgan fingerprint density at radius 3 is 2.78 bits per heavy atom. The van der Waals surface area contributed by atoms with Gasteiger partial charge >= 0.3 is 0 Å². The van der Waals surface area contributed by atoms with Crippen molar-refractivity contribution in [3.05, 3.63) is 29.6 Å². The summed E-state index contributed by atoms with van der Waals surface area (Å²) >= 11 is 0. The maximum absolute atomic E-state index is 12.9. The predicted molar refractivity (Wildman–Crippen MR) is 123 cm³/mol. The van der Waals surface area contributed by atoms with Crippen molar-refractivity contribution < 1.29 is 14.6 Å². The van der Waals surface area contributed by atoms with Gasteiger partial charge in [-0.2, -0.15) is 0 Å². The SMILES string of the molecule is CN(CC(=O)N1CCCCC1)c1nc(-c2cc(OCCO)ccn2)nc2c1C(C)(C)CC2. The van der Waals surface area contributed by atoms with Crippen molar-refractivity contribution in [1.29, 1.82) is 0 Å². The largest absolute Gasteiger partial charge is 0.491 e.